The van der Waals surface area contributed by atoms with E-state index in [1.807, 2.05) is 0 Å². The zero-order valence-corrected chi connectivity index (χ0v) is 10.5. The van der Waals surface area contributed by atoms with Crippen LogP contribution in [0.3, 0.4) is 0 Å². The second-order valence-corrected chi connectivity index (χ2v) is 4.36. The largest absolute Gasteiger partial charge is 0.416 e. The molecule has 0 aliphatic carbocycles. The first-order valence-electron chi connectivity index (χ1n) is 5.90. The van der Waals surface area contributed by atoms with Gasteiger partial charge in [-0.15, -0.1) is 0 Å². The molecule has 0 spiro atoms. The summed E-state index contributed by atoms with van der Waals surface area (Å²) >= 11 is 0. The molecule has 0 radical (unpaired) electrons. The molecule has 0 atom stereocenters. The minimum atomic E-state index is -4.36. The molecule has 1 heterocycles. The fourth-order valence-electron chi connectivity index (χ4n) is 1.88. The molecule has 5 nitrogen and oxygen atoms in total. The molecule has 21 heavy (non-hydrogen) atoms. The van der Waals surface area contributed by atoms with Gasteiger partial charge in [0.15, 0.2) is 11.0 Å². The number of nitrogens with zero attached hydrogens (tertiary/aromatic N) is 2. The van der Waals surface area contributed by atoms with Crippen LogP contribution in [-0.4, -0.2) is 10.3 Å². The highest BCUT2D eigenvalue weighted by Gasteiger charge is 2.29. The lowest BCUT2D eigenvalue weighted by atomic mass is 10.2. The Balaban J connectivity index is 1.92. The molecule has 2 aromatic carbocycles. The van der Waals surface area contributed by atoms with Crippen molar-refractivity contribution < 1.29 is 17.8 Å². The fraction of sp³-hybridized carbons (Fsp3) is 0.0769. The van der Waals surface area contributed by atoms with Crippen LogP contribution in [0.5, 0.6) is 0 Å². The van der Waals surface area contributed by atoms with Crippen LogP contribution in [0.1, 0.15) is 5.56 Å². The third kappa shape index (κ3) is 2.47. The van der Waals surface area contributed by atoms with Crippen LogP contribution in [0.15, 0.2) is 41.0 Å². The standard InChI is InChI=1S/C13H9F3N4O/c14-13(15,16)7-1-3-8(4-2-7)18-10-6-5-9(17)11-12(10)20-21-19-11/h1-6,18H,17H2. The van der Waals surface area contributed by atoms with Crippen molar-refractivity contribution in [2.45, 2.75) is 6.18 Å². The van der Waals surface area contributed by atoms with Gasteiger partial charge in [-0.1, -0.05) is 0 Å². The lowest BCUT2D eigenvalue weighted by Gasteiger charge is -2.09. The van der Waals surface area contributed by atoms with Crippen LogP contribution in [-0.2, 0) is 6.18 Å². The number of alkyl halides is 3. The number of hydrogen-bond acceptors (Lipinski definition) is 5. The summed E-state index contributed by atoms with van der Waals surface area (Å²) in [6.07, 6.45) is -4.36. The predicted octanol–water partition coefficient (Wildman–Crippen LogP) is 3.57. The quantitative estimate of drug-likeness (QED) is 0.706. The predicted molar refractivity (Wildman–Crippen MR) is 70.9 cm³/mol. The van der Waals surface area contributed by atoms with E-state index < -0.39 is 11.7 Å². The normalized spacial score (nSPS) is 11.8. The van der Waals surface area contributed by atoms with Crippen molar-refractivity contribution in [3.05, 3.63) is 42.0 Å². The van der Waals surface area contributed by atoms with E-state index in [2.05, 4.69) is 20.3 Å². The highest BCUT2D eigenvalue weighted by molar-refractivity contribution is 5.96. The average molecular weight is 294 g/mol. The van der Waals surface area contributed by atoms with E-state index in [1.165, 1.54) is 12.1 Å². The SMILES string of the molecule is Nc1ccc(Nc2ccc(C(F)(F)F)cc2)c2nonc12. The van der Waals surface area contributed by atoms with Gasteiger partial charge in [-0.25, -0.2) is 4.63 Å². The Kier molecular flexibility index (Phi) is 2.93. The number of hydrogen-bond donors (Lipinski definition) is 2. The van der Waals surface area contributed by atoms with Crippen molar-refractivity contribution in [2.75, 3.05) is 11.1 Å². The van der Waals surface area contributed by atoms with Crippen molar-refractivity contribution in [2.24, 2.45) is 0 Å². The van der Waals surface area contributed by atoms with Gasteiger partial charge < -0.3 is 11.1 Å². The maximum absolute atomic E-state index is 12.5. The van der Waals surface area contributed by atoms with E-state index in [-0.39, 0.29) is 0 Å². The van der Waals surface area contributed by atoms with Crippen LogP contribution >= 0.6 is 0 Å². The first-order valence-corrected chi connectivity index (χ1v) is 5.90. The molecule has 108 valence electrons. The van der Waals surface area contributed by atoms with Crippen molar-refractivity contribution in [1.82, 2.24) is 10.3 Å². The molecular formula is C13H9F3N4O. The molecule has 3 N–H and O–H groups in total. The van der Waals surface area contributed by atoms with Gasteiger partial charge in [0.25, 0.3) is 0 Å². The van der Waals surface area contributed by atoms with Crippen LogP contribution in [0.25, 0.3) is 11.0 Å². The Morgan fingerprint density at radius 1 is 0.952 bits per heavy atom. The van der Waals surface area contributed by atoms with Gasteiger partial charge in [0, 0.05) is 5.69 Å². The summed E-state index contributed by atoms with van der Waals surface area (Å²) in [5.41, 5.74) is 7.24. The highest BCUT2D eigenvalue weighted by atomic mass is 19.4. The Bertz CT molecular complexity index is 780. The molecule has 0 saturated carbocycles. The summed E-state index contributed by atoms with van der Waals surface area (Å²) in [6.45, 7) is 0. The smallest absolute Gasteiger partial charge is 0.397 e. The average Bonchev–Trinajstić information content (AvgIpc) is 2.92. The Labute approximate surface area is 116 Å². The summed E-state index contributed by atoms with van der Waals surface area (Å²) in [5, 5.41) is 10.3. The zero-order valence-electron chi connectivity index (χ0n) is 10.5. The van der Waals surface area contributed by atoms with Gasteiger partial charge in [-0.05, 0) is 46.7 Å². The number of nitrogens with two attached hydrogens (primary N) is 1. The third-order valence-electron chi connectivity index (χ3n) is 2.94. The Morgan fingerprint density at radius 2 is 1.62 bits per heavy atom. The molecule has 3 aromatic rings. The Morgan fingerprint density at radius 3 is 2.29 bits per heavy atom. The topological polar surface area (TPSA) is 77.0 Å². The van der Waals surface area contributed by atoms with Gasteiger partial charge in [-0.2, -0.15) is 13.2 Å². The van der Waals surface area contributed by atoms with E-state index in [4.69, 9.17) is 5.73 Å². The molecular weight excluding hydrogens is 285 g/mol. The van der Waals surface area contributed by atoms with E-state index in [0.717, 1.165) is 12.1 Å². The minimum Gasteiger partial charge on any atom is -0.397 e. The van der Waals surface area contributed by atoms with Crippen LogP contribution < -0.4 is 11.1 Å². The van der Waals surface area contributed by atoms with Crippen molar-refractivity contribution in [3.63, 3.8) is 0 Å². The first kappa shape index (κ1) is 13.2. The summed E-state index contributed by atoms with van der Waals surface area (Å²) in [5.74, 6) is 0. The monoisotopic (exact) mass is 294 g/mol. The van der Waals surface area contributed by atoms with Gasteiger partial charge >= 0.3 is 6.18 Å². The van der Waals surface area contributed by atoms with E-state index in [1.54, 1.807) is 12.1 Å². The molecule has 0 unspecified atom stereocenters. The molecule has 0 fully saturated rings. The van der Waals surface area contributed by atoms with Crippen molar-refractivity contribution in [3.8, 4) is 0 Å². The summed E-state index contributed by atoms with van der Waals surface area (Å²) in [6, 6.07) is 7.92. The molecule has 0 saturated heterocycles. The maximum atomic E-state index is 12.5. The summed E-state index contributed by atoms with van der Waals surface area (Å²) in [7, 11) is 0. The Hall–Kier alpha value is -2.77. The number of halogens is 3. The molecule has 0 bridgehead atoms. The molecule has 8 heteroatoms. The lowest BCUT2D eigenvalue weighted by molar-refractivity contribution is -0.137. The van der Waals surface area contributed by atoms with Crippen LogP contribution in [0.2, 0.25) is 0 Å². The molecule has 0 amide bonds. The van der Waals surface area contributed by atoms with Crippen molar-refractivity contribution in [1.29, 1.82) is 0 Å². The fourth-order valence-corrected chi connectivity index (χ4v) is 1.88. The van der Waals surface area contributed by atoms with Crippen molar-refractivity contribution >= 4 is 28.1 Å². The number of benzene rings is 2. The number of rotatable bonds is 2. The van der Waals surface area contributed by atoms with Gasteiger partial charge in [0.2, 0.25) is 0 Å². The molecule has 1 aromatic heterocycles. The lowest BCUT2D eigenvalue weighted by Crippen LogP contribution is -2.04. The molecule has 3 rings (SSSR count). The molecule has 0 aliphatic heterocycles. The zero-order chi connectivity index (χ0) is 15.0. The second kappa shape index (κ2) is 4.65. The van der Waals surface area contributed by atoms with E-state index in [0.29, 0.717) is 28.1 Å². The van der Waals surface area contributed by atoms with Gasteiger partial charge in [0.05, 0.1) is 16.9 Å². The molecule has 0 aliphatic rings. The maximum Gasteiger partial charge on any atom is 0.416 e. The van der Waals surface area contributed by atoms with Crippen LogP contribution in [0, 0.1) is 0 Å². The minimum absolute atomic E-state index is 0.395. The number of nitrogens with one attached hydrogen (secondary N) is 1. The van der Waals surface area contributed by atoms with Gasteiger partial charge in [-0.3, -0.25) is 0 Å². The van der Waals surface area contributed by atoms with Gasteiger partial charge in [0.1, 0.15) is 0 Å². The third-order valence-corrected chi connectivity index (χ3v) is 2.94. The number of fused-ring (bicyclic) bond motifs is 1. The number of anilines is 3. The second-order valence-electron chi connectivity index (χ2n) is 4.36. The highest BCUT2D eigenvalue weighted by Crippen LogP contribution is 2.31. The summed E-state index contributed by atoms with van der Waals surface area (Å²) in [4.78, 5) is 0. The van der Waals surface area contributed by atoms with E-state index >= 15 is 0 Å². The number of nitrogen functional groups attached to an aromatic ring is 1. The first-order chi connectivity index (χ1) is 9.95. The van der Waals surface area contributed by atoms with E-state index in [9.17, 15) is 13.2 Å². The van der Waals surface area contributed by atoms with Crippen LogP contribution in [0.4, 0.5) is 30.2 Å². The summed E-state index contributed by atoms with van der Waals surface area (Å²) < 4.78 is 42.1. The number of aromatic nitrogens is 2.